The molecular weight excluding hydrogens is 310 g/mol. The van der Waals surface area contributed by atoms with Gasteiger partial charge < -0.3 is 4.90 Å². The van der Waals surface area contributed by atoms with Crippen molar-refractivity contribution in [3.8, 4) is 0 Å². The predicted molar refractivity (Wildman–Crippen MR) is 92.1 cm³/mol. The first-order valence-electron chi connectivity index (χ1n) is 8.24. The van der Waals surface area contributed by atoms with E-state index in [1.165, 1.54) is 0 Å². The van der Waals surface area contributed by atoms with E-state index in [4.69, 9.17) is 4.98 Å². The second-order valence-corrected chi connectivity index (χ2v) is 8.48. The number of para-hydroxylation sites is 1. The molecule has 1 saturated carbocycles. The van der Waals surface area contributed by atoms with E-state index in [0.29, 0.717) is 0 Å². The highest BCUT2D eigenvalue weighted by Gasteiger charge is 2.37. The number of pyridine rings is 1. The lowest BCUT2D eigenvalue weighted by molar-refractivity contribution is 0.458. The van der Waals surface area contributed by atoms with Gasteiger partial charge in [-0.3, -0.25) is 0 Å². The number of sulfonamides is 1. The van der Waals surface area contributed by atoms with Crippen LogP contribution < -0.4 is 9.62 Å². The van der Waals surface area contributed by atoms with Crippen molar-refractivity contribution in [3.05, 3.63) is 36.4 Å². The molecule has 4 rings (SSSR count). The van der Waals surface area contributed by atoms with Crippen LogP contribution in [0.15, 0.2) is 36.4 Å². The number of aromatic nitrogens is 1. The van der Waals surface area contributed by atoms with Crippen LogP contribution in [0.3, 0.4) is 0 Å². The van der Waals surface area contributed by atoms with Gasteiger partial charge in [0.15, 0.2) is 0 Å². The van der Waals surface area contributed by atoms with Crippen molar-refractivity contribution in [2.24, 2.45) is 0 Å². The topological polar surface area (TPSA) is 62.3 Å². The van der Waals surface area contributed by atoms with Crippen LogP contribution in [-0.2, 0) is 10.0 Å². The zero-order valence-electron chi connectivity index (χ0n) is 13.0. The van der Waals surface area contributed by atoms with E-state index in [2.05, 4.69) is 27.8 Å². The second kappa shape index (κ2) is 5.76. The van der Waals surface area contributed by atoms with E-state index in [-0.39, 0.29) is 11.3 Å². The summed E-state index contributed by atoms with van der Waals surface area (Å²) in [5, 5.41) is 1.01. The number of hydrogen-bond acceptors (Lipinski definition) is 4. The summed E-state index contributed by atoms with van der Waals surface area (Å²) in [6, 6.07) is 12.3. The van der Waals surface area contributed by atoms with Crippen LogP contribution in [0.25, 0.3) is 10.9 Å². The Bertz CT molecular complexity index is 809. The molecule has 0 atom stereocenters. The first-order chi connectivity index (χ1) is 11.1. The molecule has 1 saturated heterocycles. The summed E-state index contributed by atoms with van der Waals surface area (Å²) in [7, 11) is -3.08. The maximum atomic E-state index is 12.0. The lowest BCUT2D eigenvalue weighted by Gasteiger charge is -2.33. The van der Waals surface area contributed by atoms with Gasteiger partial charge in [0.1, 0.15) is 5.82 Å². The van der Waals surface area contributed by atoms with Gasteiger partial charge in [-0.2, -0.15) is 0 Å². The molecule has 122 valence electrons. The van der Waals surface area contributed by atoms with Crippen LogP contribution in [0.2, 0.25) is 0 Å². The minimum Gasteiger partial charge on any atom is -0.356 e. The van der Waals surface area contributed by atoms with Crippen LogP contribution in [0.4, 0.5) is 5.82 Å². The maximum Gasteiger partial charge on any atom is 0.214 e. The molecule has 2 fully saturated rings. The Balaban J connectivity index is 1.42. The molecule has 1 aliphatic carbocycles. The summed E-state index contributed by atoms with van der Waals surface area (Å²) in [6.45, 7) is 1.67. The number of nitrogens with one attached hydrogen (secondary N) is 1. The van der Waals surface area contributed by atoms with Crippen LogP contribution in [-0.4, -0.2) is 37.8 Å². The number of anilines is 1. The van der Waals surface area contributed by atoms with Crippen LogP contribution in [0.1, 0.15) is 25.7 Å². The molecule has 2 aromatic rings. The summed E-state index contributed by atoms with van der Waals surface area (Å²) >= 11 is 0. The smallest absolute Gasteiger partial charge is 0.214 e. The molecule has 0 spiro atoms. The zero-order valence-corrected chi connectivity index (χ0v) is 13.8. The molecule has 1 aromatic heterocycles. The van der Waals surface area contributed by atoms with Crippen molar-refractivity contribution < 1.29 is 8.42 Å². The third-order valence-electron chi connectivity index (χ3n) is 4.70. The summed E-state index contributed by atoms with van der Waals surface area (Å²) < 4.78 is 26.9. The van der Waals surface area contributed by atoms with E-state index in [9.17, 15) is 8.42 Å². The molecule has 1 aromatic carbocycles. The minimum absolute atomic E-state index is 0.0670. The van der Waals surface area contributed by atoms with Crippen LogP contribution in [0.5, 0.6) is 0 Å². The first-order valence-corrected chi connectivity index (χ1v) is 9.78. The van der Waals surface area contributed by atoms with E-state index in [0.717, 1.165) is 55.5 Å². The molecule has 1 N–H and O–H groups in total. The van der Waals surface area contributed by atoms with Gasteiger partial charge in [-0.25, -0.2) is 18.1 Å². The molecule has 6 heteroatoms. The minimum atomic E-state index is -3.08. The average Bonchev–Trinajstić information content (AvgIpc) is 3.40. The Labute approximate surface area is 136 Å². The van der Waals surface area contributed by atoms with E-state index < -0.39 is 10.0 Å². The van der Waals surface area contributed by atoms with Gasteiger partial charge in [-0.1, -0.05) is 18.2 Å². The Hall–Kier alpha value is -1.66. The van der Waals surface area contributed by atoms with Crippen molar-refractivity contribution in [1.82, 2.24) is 9.71 Å². The van der Waals surface area contributed by atoms with Gasteiger partial charge in [-0.15, -0.1) is 0 Å². The molecule has 0 radical (unpaired) electrons. The highest BCUT2D eigenvalue weighted by atomic mass is 32.2. The van der Waals surface area contributed by atoms with Crippen molar-refractivity contribution in [2.75, 3.05) is 18.0 Å². The van der Waals surface area contributed by atoms with E-state index in [1.807, 2.05) is 18.2 Å². The zero-order chi connectivity index (χ0) is 15.9. The Morgan fingerprint density at radius 3 is 2.48 bits per heavy atom. The standard InChI is InChI=1S/C17H21N3O2S/c21-23(22,15-6-7-15)19-14-9-11-20(12-10-14)17-8-5-13-3-1-2-4-16(13)18-17/h1-5,8,14-15,19H,6-7,9-12H2. The third-order valence-corrected chi connectivity index (χ3v) is 6.71. The number of hydrogen-bond donors (Lipinski definition) is 1. The number of fused-ring (bicyclic) bond motifs is 1. The van der Waals surface area contributed by atoms with Gasteiger partial charge in [-0.05, 0) is 43.9 Å². The van der Waals surface area contributed by atoms with Crippen LogP contribution in [0, 0.1) is 0 Å². The van der Waals surface area contributed by atoms with Gasteiger partial charge in [0.25, 0.3) is 0 Å². The van der Waals surface area contributed by atoms with E-state index >= 15 is 0 Å². The maximum absolute atomic E-state index is 12.0. The first kappa shape index (κ1) is 14.9. The summed E-state index contributed by atoms with van der Waals surface area (Å²) in [6.07, 6.45) is 3.30. The van der Waals surface area contributed by atoms with Gasteiger partial charge in [0.2, 0.25) is 10.0 Å². The predicted octanol–water partition coefficient (Wildman–Crippen LogP) is 2.29. The molecule has 1 aliphatic heterocycles. The number of nitrogens with zero attached hydrogens (tertiary/aromatic N) is 2. The Morgan fingerprint density at radius 2 is 1.74 bits per heavy atom. The fraction of sp³-hybridized carbons (Fsp3) is 0.471. The summed E-state index contributed by atoms with van der Waals surface area (Å²) in [5.74, 6) is 0.979. The largest absolute Gasteiger partial charge is 0.356 e. The van der Waals surface area contributed by atoms with Gasteiger partial charge >= 0.3 is 0 Å². The average molecular weight is 331 g/mol. The molecular formula is C17H21N3O2S. The van der Waals surface area contributed by atoms with Crippen LogP contribution >= 0.6 is 0 Å². The summed E-state index contributed by atoms with van der Waals surface area (Å²) in [5.41, 5.74) is 1.00. The van der Waals surface area contributed by atoms with Crippen molar-refractivity contribution in [1.29, 1.82) is 0 Å². The van der Waals surface area contributed by atoms with Crippen molar-refractivity contribution in [3.63, 3.8) is 0 Å². The van der Waals surface area contributed by atoms with E-state index in [1.54, 1.807) is 0 Å². The summed E-state index contributed by atoms with van der Waals surface area (Å²) in [4.78, 5) is 6.97. The van der Waals surface area contributed by atoms with Gasteiger partial charge in [0.05, 0.1) is 10.8 Å². The quantitative estimate of drug-likeness (QED) is 0.934. The SMILES string of the molecule is O=S(=O)(NC1CCN(c2ccc3ccccc3n2)CC1)C1CC1. The Morgan fingerprint density at radius 1 is 1.00 bits per heavy atom. The molecule has 2 heterocycles. The molecule has 5 nitrogen and oxygen atoms in total. The number of benzene rings is 1. The molecule has 0 amide bonds. The third kappa shape index (κ3) is 3.19. The number of rotatable bonds is 4. The van der Waals surface area contributed by atoms with Gasteiger partial charge in [0, 0.05) is 24.5 Å². The molecule has 0 unspecified atom stereocenters. The lowest BCUT2D eigenvalue weighted by atomic mass is 10.1. The molecule has 2 aliphatic rings. The highest BCUT2D eigenvalue weighted by molar-refractivity contribution is 7.90. The lowest BCUT2D eigenvalue weighted by Crippen LogP contribution is -2.45. The normalized spacial score (nSPS) is 20.1. The highest BCUT2D eigenvalue weighted by Crippen LogP contribution is 2.29. The Kier molecular flexibility index (Phi) is 3.73. The van der Waals surface area contributed by atoms with Crippen molar-refractivity contribution in [2.45, 2.75) is 37.0 Å². The van der Waals surface area contributed by atoms with Crippen molar-refractivity contribution >= 4 is 26.7 Å². The fourth-order valence-corrected chi connectivity index (χ4v) is 4.81. The molecule has 23 heavy (non-hydrogen) atoms. The fourth-order valence-electron chi connectivity index (χ4n) is 3.16. The number of piperidine rings is 1. The second-order valence-electron chi connectivity index (χ2n) is 6.49. The monoisotopic (exact) mass is 331 g/mol. The molecule has 0 bridgehead atoms.